The Balaban J connectivity index is 1.79. The predicted molar refractivity (Wildman–Crippen MR) is 72.6 cm³/mol. The third-order valence-corrected chi connectivity index (χ3v) is 4.91. The second-order valence-electron chi connectivity index (χ2n) is 6.03. The van der Waals surface area contributed by atoms with Crippen molar-refractivity contribution in [2.24, 2.45) is 10.7 Å². The molecule has 2 N–H and O–H groups in total. The summed E-state index contributed by atoms with van der Waals surface area (Å²) in [5.41, 5.74) is 6.39. The van der Waals surface area contributed by atoms with E-state index < -0.39 is 0 Å². The van der Waals surface area contributed by atoms with Gasteiger partial charge in [0.15, 0.2) is 5.96 Å². The van der Waals surface area contributed by atoms with Crippen LogP contribution in [0.15, 0.2) is 4.99 Å². The number of rotatable bonds is 1. The quantitative estimate of drug-likeness (QED) is 0.724. The van der Waals surface area contributed by atoms with Crippen molar-refractivity contribution in [2.75, 3.05) is 19.8 Å². The van der Waals surface area contributed by atoms with Gasteiger partial charge >= 0.3 is 0 Å². The molecule has 3 aliphatic rings. The Morgan fingerprint density at radius 2 is 1.78 bits per heavy atom. The fourth-order valence-corrected chi connectivity index (χ4v) is 3.86. The van der Waals surface area contributed by atoms with E-state index in [-0.39, 0.29) is 5.54 Å². The van der Waals surface area contributed by atoms with Crippen molar-refractivity contribution >= 4 is 5.96 Å². The molecule has 1 aliphatic carbocycles. The van der Waals surface area contributed by atoms with E-state index in [0.717, 1.165) is 38.6 Å². The summed E-state index contributed by atoms with van der Waals surface area (Å²) in [6.45, 7) is 2.62. The number of guanidine groups is 1. The lowest BCUT2D eigenvalue weighted by atomic mass is 9.87. The van der Waals surface area contributed by atoms with E-state index >= 15 is 0 Å². The van der Waals surface area contributed by atoms with Crippen LogP contribution in [0.3, 0.4) is 0 Å². The van der Waals surface area contributed by atoms with Crippen LogP contribution in [-0.2, 0) is 4.74 Å². The molecule has 3 rings (SSSR count). The van der Waals surface area contributed by atoms with Crippen LogP contribution in [0.4, 0.5) is 0 Å². The zero-order chi connectivity index (χ0) is 12.4. The third kappa shape index (κ3) is 2.11. The summed E-state index contributed by atoms with van der Waals surface area (Å²) in [6, 6.07) is 0.622. The minimum Gasteiger partial charge on any atom is -0.381 e. The van der Waals surface area contributed by atoms with Crippen molar-refractivity contribution in [3.63, 3.8) is 0 Å². The molecule has 2 heterocycles. The van der Waals surface area contributed by atoms with E-state index in [1.165, 1.54) is 38.5 Å². The Bertz CT molecular complexity index is 315. The average molecular weight is 251 g/mol. The summed E-state index contributed by atoms with van der Waals surface area (Å²) in [5.74, 6) is 0.795. The molecule has 2 fully saturated rings. The topological polar surface area (TPSA) is 50.9 Å². The lowest BCUT2D eigenvalue weighted by Gasteiger charge is -2.46. The molecule has 0 aromatic rings. The molecule has 1 spiro atoms. The number of ether oxygens (including phenoxy) is 1. The third-order valence-electron chi connectivity index (χ3n) is 4.91. The van der Waals surface area contributed by atoms with Gasteiger partial charge in [0, 0.05) is 19.3 Å². The minimum absolute atomic E-state index is 0.192. The highest BCUT2D eigenvalue weighted by atomic mass is 16.5. The molecule has 1 saturated heterocycles. The first-order chi connectivity index (χ1) is 8.82. The molecule has 0 atom stereocenters. The van der Waals surface area contributed by atoms with Crippen molar-refractivity contribution in [2.45, 2.75) is 62.9 Å². The Morgan fingerprint density at radius 3 is 2.44 bits per heavy atom. The van der Waals surface area contributed by atoms with Gasteiger partial charge in [0.25, 0.3) is 0 Å². The Labute approximate surface area is 110 Å². The maximum absolute atomic E-state index is 6.20. The zero-order valence-electron chi connectivity index (χ0n) is 11.2. The first-order valence-electron chi connectivity index (χ1n) is 7.49. The second-order valence-corrected chi connectivity index (χ2v) is 6.03. The van der Waals surface area contributed by atoms with Crippen LogP contribution < -0.4 is 5.73 Å². The summed E-state index contributed by atoms with van der Waals surface area (Å²) in [6.07, 6.45) is 10.2. The van der Waals surface area contributed by atoms with Crippen molar-refractivity contribution in [3.8, 4) is 0 Å². The van der Waals surface area contributed by atoms with Crippen molar-refractivity contribution < 1.29 is 4.74 Å². The highest BCUT2D eigenvalue weighted by Crippen LogP contribution is 2.37. The molecule has 4 heteroatoms. The molecule has 0 aromatic carbocycles. The summed E-state index contributed by atoms with van der Waals surface area (Å²) in [4.78, 5) is 7.05. The molecule has 18 heavy (non-hydrogen) atoms. The van der Waals surface area contributed by atoms with E-state index in [0.29, 0.717) is 6.04 Å². The summed E-state index contributed by atoms with van der Waals surface area (Å²) in [5, 5.41) is 0. The monoisotopic (exact) mass is 251 g/mol. The average Bonchev–Trinajstić information content (AvgIpc) is 2.61. The van der Waals surface area contributed by atoms with Crippen LogP contribution in [0.2, 0.25) is 0 Å². The number of nitrogens with zero attached hydrogens (tertiary/aromatic N) is 2. The molecular weight excluding hydrogens is 226 g/mol. The molecule has 102 valence electrons. The van der Waals surface area contributed by atoms with Gasteiger partial charge in [-0.15, -0.1) is 0 Å². The van der Waals surface area contributed by atoms with Crippen LogP contribution in [0.1, 0.15) is 51.4 Å². The first kappa shape index (κ1) is 12.3. The Kier molecular flexibility index (Phi) is 3.46. The largest absolute Gasteiger partial charge is 0.381 e. The molecular formula is C14H25N3O. The highest BCUT2D eigenvalue weighted by Gasteiger charge is 2.46. The molecule has 0 bridgehead atoms. The van der Waals surface area contributed by atoms with E-state index in [1.807, 2.05) is 0 Å². The smallest absolute Gasteiger partial charge is 0.192 e. The van der Waals surface area contributed by atoms with Gasteiger partial charge in [-0.1, -0.05) is 25.7 Å². The standard InChI is InChI=1S/C14H25N3O/c15-13-16-11-14(7-9-18-10-8-14)17(13)12-5-3-1-2-4-6-12/h12H,1-11H2,(H2,15,16). The normalized spacial score (nSPS) is 29.3. The number of aliphatic imine (C=N–C) groups is 1. The van der Waals surface area contributed by atoms with Crippen molar-refractivity contribution in [1.82, 2.24) is 4.90 Å². The van der Waals surface area contributed by atoms with Gasteiger partial charge in [-0.05, 0) is 25.7 Å². The van der Waals surface area contributed by atoms with Gasteiger partial charge in [-0.2, -0.15) is 0 Å². The van der Waals surface area contributed by atoms with Crippen molar-refractivity contribution in [3.05, 3.63) is 0 Å². The molecule has 0 aromatic heterocycles. The molecule has 0 unspecified atom stereocenters. The molecule has 0 radical (unpaired) electrons. The lowest BCUT2D eigenvalue weighted by Crippen LogP contribution is -2.58. The molecule has 4 nitrogen and oxygen atoms in total. The van der Waals surface area contributed by atoms with Crippen molar-refractivity contribution in [1.29, 1.82) is 0 Å². The summed E-state index contributed by atoms with van der Waals surface area (Å²) >= 11 is 0. The zero-order valence-corrected chi connectivity index (χ0v) is 11.2. The number of hydrogen-bond donors (Lipinski definition) is 1. The maximum atomic E-state index is 6.20. The predicted octanol–water partition coefficient (Wildman–Crippen LogP) is 1.89. The first-order valence-corrected chi connectivity index (χ1v) is 7.49. The van der Waals surface area contributed by atoms with E-state index in [2.05, 4.69) is 9.89 Å². The summed E-state index contributed by atoms with van der Waals surface area (Å²) < 4.78 is 5.53. The second kappa shape index (κ2) is 5.08. The van der Waals surface area contributed by atoms with Gasteiger partial charge in [-0.3, -0.25) is 4.99 Å². The fourth-order valence-electron chi connectivity index (χ4n) is 3.86. The van der Waals surface area contributed by atoms with Crippen LogP contribution in [0, 0.1) is 0 Å². The number of hydrogen-bond acceptors (Lipinski definition) is 4. The minimum atomic E-state index is 0.192. The molecule has 1 saturated carbocycles. The SMILES string of the molecule is NC1=NCC2(CCOCC2)N1C1CCCCCC1. The fraction of sp³-hybridized carbons (Fsp3) is 0.929. The van der Waals surface area contributed by atoms with E-state index in [4.69, 9.17) is 10.5 Å². The highest BCUT2D eigenvalue weighted by molar-refractivity contribution is 5.81. The van der Waals surface area contributed by atoms with Gasteiger partial charge in [0.1, 0.15) is 0 Å². The molecule has 0 amide bonds. The van der Waals surface area contributed by atoms with Gasteiger partial charge in [0.2, 0.25) is 0 Å². The van der Waals surface area contributed by atoms with Gasteiger partial charge < -0.3 is 15.4 Å². The van der Waals surface area contributed by atoms with E-state index in [9.17, 15) is 0 Å². The van der Waals surface area contributed by atoms with Crippen LogP contribution in [0.5, 0.6) is 0 Å². The van der Waals surface area contributed by atoms with Gasteiger partial charge in [0.05, 0.1) is 12.1 Å². The lowest BCUT2D eigenvalue weighted by molar-refractivity contribution is -0.00357. The maximum Gasteiger partial charge on any atom is 0.192 e. The summed E-state index contributed by atoms with van der Waals surface area (Å²) in [7, 11) is 0. The van der Waals surface area contributed by atoms with Crippen LogP contribution >= 0.6 is 0 Å². The van der Waals surface area contributed by atoms with Gasteiger partial charge in [-0.25, -0.2) is 0 Å². The Hall–Kier alpha value is -0.770. The van der Waals surface area contributed by atoms with E-state index in [1.54, 1.807) is 0 Å². The van der Waals surface area contributed by atoms with Crippen LogP contribution in [-0.4, -0.2) is 42.2 Å². The van der Waals surface area contributed by atoms with Crippen LogP contribution in [0.25, 0.3) is 0 Å². The Morgan fingerprint density at radius 1 is 1.11 bits per heavy atom. The number of nitrogens with two attached hydrogens (primary N) is 1. The molecule has 2 aliphatic heterocycles.